The van der Waals surface area contributed by atoms with E-state index in [4.69, 9.17) is 0 Å². The van der Waals surface area contributed by atoms with Crippen molar-refractivity contribution < 1.29 is 0 Å². The molecule has 1 atom stereocenters. The first-order valence-electron chi connectivity index (χ1n) is 7.02. The van der Waals surface area contributed by atoms with Gasteiger partial charge in [0.15, 0.2) is 5.16 Å². The molecule has 2 rings (SSSR count). The number of aromatic amines is 1. The summed E-state index contributed by atoms with van der Waals surface area (Å²) in [6.07, 6.45) is 1.54. The minimum atomic E-state index is 0.330. The van der Waals surface area contributed by atoms with E-state index < -0.39 is 0 Å². The number of thioether (sulfide) groups is 1. The predicted molar refractivity (Wildman–Crippen MR) is 84.1 cm³/mol. The summed E-state index contributed by atoms with van der Waals surface area (Å²) in [5, 5.41) is 11.2. The summed E-state index contributed by atoms with van der Waals surface area (Å²) in [6, 6.07) is 9.23. The van der Waals surface area contributed by atoms with Crippen LogP contribution in [0.5, 0.6) is 0 Å². The Morgan fingerprint density at radius 3 is 2.45 bits per heavy atom. The quantitative estimate of drug-likeness (QED) is 0.768. The Balaban J connectivity index is 2.03. The van der Waals surface area contributed by atoms with Gasteiger partial charge in [-0.1, -0.05) is 56.8 Å². The molecule has 0 amide bonds. The lowest BCUT2D eigenvalue weighted by Crippen LogP contribution is -2.23. The Morgan fingerprint density at radius 1 is 1.20 bits per heavy atom. The Bertz CT molecular complexity index is 493. The van der Waals surface area contributed by atoms with Crippen molar-refractivity contribution >= 4 is 11.8 Å². The van der Waals surface area contributed by atoms with Gasteiger partial charge in [0.1, 0.15) is 6.33 Å². The highest BCUT2D eigenvalue weighted by atomic mass is 32.2. The van der Waals surface area contributed by atoms with Gasteiger partial charge in [0.05, 0.1) is 0 Å². The van der Waals surface area contributed by atoms with Gasteiger partial charge in [0.25, 0.3) is 0 Å². The lowest BCUT2D eigenvalue weighted by atomic mass is 9.99. The van der Waals surface area contributed by atoms with Crippen LogP contribution in [-0.2, 0) is 0 Å². The zero-order valence-electron chi connectivity index (χ0n) is 12.3. The molecule has 5 heteroatoms. The maximum absolute atomic E-state index is 4.15. The van der Waals surface area contributed by atoms with Crippen molar-refractivity contribution in [3.05, 3.63) is 41.7 Å². The smallest absolute Gasteiger partial charge is 0.183 e. The van der Waals surface area contributed by atoms with Crippen molar-refractivity contribution in [1.29, 1.82) is 0 Å². The van der Waals surface area contributed by atoms with Crippen molar-refractivity contribution in [3.63, 3.8) is 0 Å². The monoisotopic (exact) mass is 290 g/mol. The molecule has 0 saturated carbocycles. The second kappa shape index (κ2) is 7.45. The molecule has 1 aromatic carbocycles. The molecule has 0 bridgehead atoms. The molecular weight excluding hydrogens is 268 g/mol. The molecule has 4 nitrogen and oxygen atoms in total. The van der Waals surface area contributed by atoms with Crippen LogP contribution in [0.15, 0.2) is 35.7 Å². The second-order valence-electron chi connectivity index (χ2n) is 5.03. The third-order valence-electron chi connectivity index (χ3n) is 3.24. The number of nitrogens with one attached hydrogen (secondary N) is 2. The fourth-order valence-electron chi connectivity index (χ4n) is 2.06. The Morgan fingerprint density at radius 2 is 1.90 bits per heavy atom. The van der Waals surface area contributed by atoms with E-state index in [9.17, 15) is 0 Å². The van der Waals surface area contributed by atoms with E-state index >= 15 is 0 Å². The highest BCUT2D eigenvalue weighted by molar-refractivity contribution is 7.99. The molecule has 108 valence electrons. The summed E-state index contributed by atoms with van der Waals surface area (Å²) in [7, 11) is 0. The summed E-state index contributed by atoms with van der Waals surface area (Å²) in [4.78, 5) is 4.15. The molecule has 2 N–H and O–H groups in total. The van der Waals surface area contributed by atoms with Gasteiger partial charge < -0.3 is 5.32 Å². The lowest BCUT2D eigenvalue weighted by molar-refractivity contribution is 0.605. The van der Waals surface area contributed by atoms with E-state index in [1.807, 2.05) is 0 Å². The van der Waals surface area contributed by atoms with Gasteiger partial charge in [-0.15, -0.1) is 0 Å². The van der Waals surface area contributed by atoms with E-state index in [0.29, 0.717) is 12.0 Å². The molecule has 0 aliphatic heterocycles. The van der Waals surface area contributed by atoms with E-state index in [0.717, 1.165) is 17.5 Å². The van der Waals surface area contributed by atoms with Gasteiger partial charge in [-0.2, -0.15) is 5.10 Å². The van der Waals surface area contributed by atoms with Crippen molar-refractivity contribution in [2.24, 2.45) is 0 Å². The number of hydrogen-bond acceptors (Lipinski definition) is 4. The molecule has 0 radical (unpaired) electrons. The molecule has 0 aliphatic carbocycles. The molecule has 2 aromatic rings. The number of H-pyrrole nitrogens is 1. The molecule has 0 fully saturated rings. The Hall–Kier alpha value is -1.33. The Kier molecular flexibility index (Phi) is 5.61. The molecule has 1 heterocycles. The summed E-state index contributed by atoms with van der Waals surface area (Å²) < 4.78 is 0. The third kappa shape index (κ3) is 4.08. The number of benzene rings is 1. The van der Waals surface area contributed by atoms with Gasteiger partial charge in [-0.3, -0.25) is 5.10 Å². The van der Waals surface area contributed by atoms with Gasteiger partial charge in [-0.25, -0.2) is 4.98 Å². The van der Waals surface area contributed by atoms with Gasteiger partial charge in [0, 0.05) is 11.8 Å². The zero-order chi connectivity index (χ0) is 14.4. The Labute approximate surface area is 124 Å². The zero-order valence-corrected chi connectivity index (χ0v) is 13.1. The minimum Gasteiger partial charge on any atom is -0.309 e. The van der Waals surface area contributed by atoms with Crippen molar-refractivity contribution in [2.45, 2.75) is 37.9 Å². The van der Waals surface area contributed by atoms with E-state index in [2.05, 4.69) is 65.5 Å². The molecule has 1 aromatic heterocycles. The SMILES string of the molecule is CCNC(CSc1ncn[nH]1)c1ccc(C(C)C)cc1. The van der Waals surface area contributed by atoms with Crippen LogP contribution in [0.3, 0.4) is 0 Å². The van der Waals surface area contributed by atoms with Crippen LogP contribution in [0.4, 0.5) is 0 Å². The van der Waals surface area contributed by atoms with Crippen LogP contribution in [0.25, 0.3) is 0 Å². The molecular formula is C15H22N4S. The van der Waals surface area contributed by atoms with Crippen LogP contribution >= 0.6 is 11.8 Å². The van der Waals surface area contributed by atoms with Gasteiger partial charge >= 0.3 is 0 Å². The highest BCUT2D eigenvalue weighted by Crippen LogP contribution is 2.23. The predicted octanol–water partition coefficient (Wildman–Crippen LogP) is 3.37. The molecule has 0 spiro atoms. The first-order valence-corrected chi connectivity index (χ1v) is 8.00. The molecule has 1 unspecified atom stereocenters. The number of nitrogens with zero attached hydrogens (tertiary/aromatic N) is 2. The average Bonchev–Trinajstić information content (AvgIpc) is 2.97. The first kappa shape index (κ1) is 15.1. The summed E-state index contributed by atoms with van der Waals surface area (Å²) in [5.74, 6) is 1.51. The maximum Gasteiger partial charge on any atom is 0.183 e. The van der Waals surface area contributed by atoms with Crippen LogP contribution in [0.2, 0.25) is 0 Å². The van der Waals surface area contributed by atoms with E-state index in [1.165, 1.54) is 11.1 Å². The number of rotatable bonds is 7. The average molecular weight is 290 g/mol. The van der Waals surface area contributed by atoms with Crippen molar-refractivity contribution in [1.82, 2.24) is 20.5 Å². The topological polar surface area (TPSA) is 53.6 Å². The van der Waals surface area contributed by atoms with E-state index in [-0.39, 0.29) is 0 Å². The van der Waals surface area contributed by atoms with E-state index in [1.54, 1.807) is 18.1 Å². The largest absolute Gasteiger partial charge is 0.309 e. The molecule has 20 heavy (non-hydrogen) atoms. The minimum absolute atomic E-state index is 0.330. The van der Waals surface area contributed by atoms with Gasteiger partial charge in [-0.05, 0) is 23.6 Å². The van der Waals surface area contributed by atoms with Crippen LogP contribution in [-0.4, -0.2) is 27.5 Å². The van der Waals surface area contributed by atoms with Crippen molar-refractivity contribution in [3.8, 4) is 0 Å². The summed E-state index contributed by atoms with van der Waals surface area (Å²) in [5.41, 5.74) is 2.70. The van der Waals surface area contributed by atoms with Crippen LogP contribution in [0, 0.1) is 0 Å². The van der Waals surface area contributed by atoms with Crippen molar-refractivity contribution in [2.75, 3.05) is 12.3 Å². The highest BCUT2D eigenvalue weighted by Gasteiger charge is 2.12. The normalized spacial score (nSPS) is 12.8. The first-order chi connectivity index (χ1) is 9.70. The van der Waals surface area contributed by atoms with Gasteiger partial charge in [0.2, 0.25) is 0 Å². The van der Waals surface area contributed by atoms with Crippen LogP contribution in [0.1, 0.15) is 43.9 Å². The fraction of sp³-hybridized carbons (Fsp3) is 0.467. The molecule has 0 saturated heterocycles. The lowest BCUT2D eigenvalue weighted by Gasteiger charge is -2.18. The number of aromatic nitrogens is 3. The third-order valence-corrected chi connectivity index (χ3v) is 4.21. The summed E-state index contributed by atoms with van der Waals surface area (Å²) >= 11 is 1.69. The number of hydrogen-bond donors (Lipinski definition) is 2. The molecule has 0 aliphatic rings. The fourth-order valence-corrected chi connectivity index (χ4v) is 2.93. The second-order valence-corrected chi connectivity index (χ2v) is 6.04. The summed E-state index contributed by atoms with van der Waals surface area (Å²) in [6.45, 7) is 7.52. The van der Waals surface area contributed by atoms with Crippen LogP contribution < -0.4 is 5.32 Å². The standard InChI is InChI=1S/C15H22N4S/c1-4-16-14(9-20-15-17-10-18-19-15)13-7-5-12(6-8-13)11(2)3/h5-8,10-11,14,16H,4,9H2,1-3H3,(H,17,18,19). The maximum atomic E-state index is 4.15.